The fraction of sp³-hybridized carbons (Fsp3) is 0.214. The molecule has 0 fully saturated rings. The zero-order valence-electron chi connectivity index (χ0n) is 9.90. The van der Waals surface area contributed by atoms with Crippen LogP contribution in [0.15, 0.2) is 36.5 Å². The van der Waals surface area contributed by atoms with Gasteiger partial charge in [0, 0.05) is 28.9 Å². The third-order valence-corrected chi connectivity index (χ3v) is 3.20. The van der Waals surface area contributed by atoms with Crippen molar-refractivity contribution in [2.24, 2.45) is 0 Å². The maximum absolute atomic E-state index is 13.1. The highest BCUT2D eigenvalue weighted by molar-refractivity contribution is 6.31. The first kappa shape index (κ1) is 13.0. The smallest absolute Gasteiger partial charge is 0.123 e. The van der Waals surface area contributed by atoms with Crippen LogP contribution in [0.5, 0.6) is 0 Å². The molecule has 0 amide bonds. The quantitative estimate of drug-likeness (QED) is 0.922. The molecule has 94 valence electrons. The second kappa shape index (κ2) is 5.46. The van der Waals surface area contributed by atoms with Crippen LogP contribution < -0.4 is 0 Å². The highest BCUT2D eigenvalue weighted by atomic mass is 35.5. The van der Waals surface area contributed by atoms with Crippen LogP contribution in [0.25, 0.3) is 0 Å². The molecule has 1 aromatic carbocycles. The van der Waals surface area contributed by atoms with Gasteiger partial charge in [0.25, 0.3) is 0 Å². The first-order valence-electron chi connectivity index (χ1n) is 5.61. The molecule has 0 aliphatic carbocycles. The lowest BCUT2D eigenvalue weighted by Crippen LogP contribution is -2.05. The summed E-state index contributed by atoms with van der Waals surface area (Å²) in [6, 6.07) is 7.71. The first-order valence-corrected chi connectivity index (χ1v) is 5.99. The number of aromatic nitrogens is 1. The van der Waals surface area contributed by atoms with Gasteiger partial charge in [0.15, 0.2) is 0 Å². The molecule has 1 heterocycles. The van der Waals surface area contributed by atoms with Crippen LogP contribution in [0.2, 0.25) is 5.02 Å². The molecule has 1 atom stereocenters. The van der Waals surface area contributed by atoms with E-state index >= 15 is 0 Å². The summed E-state index contributed by atoms with van der Waals surface area (Å²) in [5, 5.41) is 10.6. The summed E-state index contributed by atoms with van der Waals surface area (Å²) >= 11 is 5.97. The zero-order chi connectivity index (χ0) is 13.1. The average Bonchev–Trinajstić information content (AvgIpc) is 2.34. The SMILES string of the molecule is Cc1ncccc1C(O)Cc1cc(F)ccc1Cl. The van der Waals surface area contributed by atoms with E-state index in [4.69, 9.17) is 11.6 Å². The Hall–Kier alpha value is -1.45. The van der Waals surface area contributed by atoms with E-state index in [1.165, 1.54) is 18.2 Å². The molecule has 0 aliphatic heterocycles. The molecule has 1 aromatic heterocycles. The Bertz CT molecular complexity index is 559. The van der Waals surface area contributed by atoms with Gasteiger partial charge in [0.05, 0.1) is 6.10 Å². The van der Waals surface area contributed by atoms with Gasteiger partial charge in [-0.15, -0.1) is 0 Å². The van der Waals surface area contributed by atoms with E-state index in [0.717, 1.165) is 11.3 Å². The van der Waals surface area contributed by atoms with Crippen molar-refractivity contribution < 1.29 is 9.50 Å². The van der Waals surface area contributed by atoms with Crippen molar-refractivity contribution in [1.29, 1.82) is 0 Å². The lowest BCUT2D eigenvalue weighted by Gasteiger charge is -2.14. The van der Waals surface area contributed by atoms with Crippen molar-refractivity contribution in [1.82, 2.24) is 4.98 Å². The van der Waals surface area contributed by atoms with E-state index in [0.29, 0.717) is 10.6 Å². The number of aliphatic hydroxyl groups is 1. The molecule has 2 nitrogen and oxygen atoms in total. The number of aryl methyl sites for hydroxylation is 1. The molecule has 2 aromatic rings. The molecular formula is C14H13ClFNO. The Morgan fingerprint density at radius 1 is 1.39 bits per heavy atom. The Kier molecular flexibility index (Phi) is 3.94. The van der Waals surface area contributed by atoms with Gasteiger partial charge in [-0.05, 0) is 36.8 Å². The monoisotopic (exact) mass is 265 g/mol. The number of aliphatic hydroxyl groups excluding tert-OH is 1. The van der Waals surface area contributed by atoms with Crippen molar-refractivity contribution in [3.63, 3.8) is 0 Å². The summed E-state index contributed by atoms with van der Waals surface area (Å²) in [4.78, 5) is 4.11. The van der Waals surface area contributed by atoms with Crippen molar-refractivity contribution >= 4 is 11.6 Å². The maximum Gasteiger partial charge on any atom is 0.123 e. The fourth-order valence-electron chi connectivity index (χ4n) is 1.87. The van der Waals surface area contributed by atoms with Gasteiger partial charge >= 0.3 is 0 Å². The molecule has 4 heteroatoms. The van der Waals surface area contributed by atoms with Gasteiger partial charge in [-0.25, -0.2) is 4.39 Å². The van der Waals surface area contributed by atoms with E-state index < -0.39 is 6.10 Å². The third kappa shape index (κ3) is 2.86. The number of benzene rings is 1. The van der Waals surface area contributed by atoms with Crippen LogP contribution in [0.1, 0.15) is 22.9 Å². The molecule has 0 radical (unpaired) electrons. The number of rotatable bonds is 3. The Labute approximate surface area is 110 Å². The van der Waals surface area contributed by atoms with Crippen molar-refractivity contribution in [2.75, 3.05) is 0 Å². The number of hydrogen-bond acceptors (Lipinski definition) is 2. The summed E-state index contributed by atoms with van der Waals surface area (Å²) < 4.78 is 13.1. The number of pyridine rings is 1. The molecular weight excluding hydrogens is 253 g/mol. The number of nitrogens with zero attached hydrogens (tertiary/aromatic N) is 1. The zero-order valence-corrected chi connectivity index (χ0v) is 10.7. The van der Waals surface area contributed by atoms with Crippen LogP contribution in [0.4, 0.5) is 4.39 Å². The van der Waals surface area contributed by atoms with E-state index in [1.54, 1.807) is 18.3 Å². The van der Waals surface area contributed by atoms with Crippen LogP contribution in [0, 0.1) is 12.7 Å². The molecule has 1 N–H and O–H groups in total. The molecule has 0 saturated heterocycles. The van der Waals surface area contributed by atoms with E-state index in [-0.39, 0.29) is 12.2 Å². The highest BCUT2D eigenvalue weighted by Crippen LogP contribution is 2.25. The maximum atomic E-state index is 13.1. The number of halogens is 2. The minimum atomic E-state index is -0.738. The second-order valence-corrected chi connectivity index (χ2v) is 4.54. The summed E-state index contributed by atoms with van der Waals surface area (Å²) in [5.41, 5.74) is 2.09. The van der Waals surface area contributed by atoms with Crippen LogP contribution in [-0.4, -0.2) is 10.1 Å². The molecule has 0 spiro atoms. The molecule has 1 unspecified atom stereocenters. The lowest BCUT2D eigenvalue weighted by atomic mass is 10.0. The lowest BCUT2D eigenvalue weighted by molar-refractivity contribution is 0.177. The van der Waals surface area contributed by atoms with Crippen LogP contribution in [-0.2, 0) is 6.42 Å². The molecule has 0 bridgehead atoms. The third-order valence-electron chi connectivity index (χ3n) is 2.83. The van der Waals surface area contributed by atoms with Crippen molar-refractivity contribution in [3.05, 3.63) is 64.2 Å². The molecule has 0 aliphatic rings. The van der Waals surface area contributed by atoms with Crippen molar-refractivity contribution in [3.8, 4) is 0 Å². The topological polar surface area (TPSA) is 33.1 Å². The molecule has 18 heavy (non-hydrogen) atoms. The van der Waals surface area contributed by atoms with Gasteiger partial charge in [-0.1, -0.05) is 17.7 Å². The summed E-state index contributed by atoms with van der Waals surface area (Å²) in [7, 11) is 0. The van der Waals surface area contributed by atoms with Crippen molar-refractivity contribution in [2.45, 2.75) is 19.4 Å². The van der Waals surface area contributed by atoms with Crippen LogP contribution in [0.3, 0.4) is 0 Å². The van der Waals surface area contributed by atoms with Gasteiger partial charge in [-0.3, -0.25) is 4.98 Å². The highest BCUT2D eigenvalue weighted by Gasteiger charge is 2.13. The van der Waals surface area contributed by atoms with Gasteiger partial charge in [-0.2, -0.15) is 0 Å². The summed E-state index contributed by atoms with van der Waals surface area (Å²) in [5.74, 6) is -0.357. The fourth-order valence-corrected chi connectivity index (χ4v) is 2.06. The average molecular weight is 266 g/mol. The summed E-state index contributed by atoms with van der Waals surface area (Å²) in [6.45, 7) is 1.83. The Morgan fingerprint density at radius 3 is 2.89 bits per heavy atom. The van der Waals surface area contributed by atoms with E-state index in [2.05, 4.69) is 4.98 Å². The minimum absolute atomic E-state index is 0.267. The first-order chi connectivity index (χ1) is 8.58. The van der Waals surface area contributed by atoms with E-state index in [1.807, 2.05) is 6.92 Å². The largest absolute Gasteiger partial charge is 0.388 e. The van der Waals surface area contributed by atoms with Gasteiger partial charge < -0.3 is 5.11 Å². The van der Waals surface area contributed by atoms with Gasteiger partial charge in [0.1, 0.15) is 5.82 Å². The number of hydrogen-bond donors (Lipinski definition) is 1. The minimum Gasteiger partial charge on any atom is -0.388 e. The van der Waals surface area contributed by atoms with E-state index in [9.17, 15) is 9.50 Å². The predicted molar refractivity (Wildman–Crippen MR) is 69.0 cm³/mol. The normalized spacial score (nSPS) is 12.4. The Balaban J connectivity index is 2.24. The molecule has 0 saturated carbocycles. The molecule has 2 rings (SSSR count). The van der Waals surface area contributed by atoms with Crippen LogP contribution >= 0.6 is 11.6 Å². The van der Waals surface area contributed by atoms with Gasteiger partial charge in [0.2, 0.25) is 0 Å². The second-order valence-electron chi connectivity index (χ2n) is 4.13. The predicted octanol–water partition coefficient (Wildman–Crippen LogP) is 3.46. The standard InChI is InChI=1S/C14H13ClFNO/c1-9-12(3-2-6-17-9)14(18)8-10-7-11(16)4-5-13(10)15/h2-7,14,18H,8H2,1H3. The summed E-state index contributed by atoms with van der Waals surface area (Å²) in [6.07, 6.45) is 1.20. The Morgan fingerprint density at radius 2 is 2.17 bits per heavy atom.